The highest BCUT2D eigenvalue weighted by atomic mass is 32.2. The molecule has 1 aliphatic rings. The number of nitrogens with two attached hydrogens (primary N) is 1. The van der Waals surface area contributed by atoms with Crippen molar-refractivity contribution in [3.8, 4) is 0 Å². The zero-order chi connectivity index (χ0) is 17.6. The summed E-state index contributed by atoms with van der Waals surface area (Å²) in [5.41, 5.74) is 7.87. The van der Waals surface area contributed by atoms with Gasteiger partial charge in [-0.3, -0.25) is 4.99 Å². The number of hydrogen-bond donors (Lipinski definition) is 2. The number of hydrogen-bond acceptors (Lipinski definition) is 4. The van der Waals surface area contributed by atoms with Crippen molar-refractivity contribution in [2.75, 3.05) is 38.3 Å². The molecule has 0 aromatic heterocycles. The lowest BCUT2D eigenvalue weighted by atomic mass is 9.98. The van der Waals surface area contributed by atoms with Crippen LogP contribution in [0.5, 0.6) is 0 Å². The molecule has 8 heteroatoms. The zero-order valence-corrected chi connectivity index (χ0v) is 15.1. The van der Waals surface area contributed by atoms with Gasteiger partial charge in [0.25, 0.3) is 0 Å². The van der Waals surface area contributed by atoms with Crippen molar-refractivity contribution in [2.24, 2.45) is 16.6 Å². The average Bonchev–Trinajstić information content (AvgIpc) is 2.55. The smallest absolute Gasteiger partial charge is 0.211 e. The van der Waals surface area contributed by atoms with E-state index in [-0.39, 0.29) is 0 Å². The van der Waals surface area contributed by atoms with Crippen molar-refractivity contribution in [2.45, 2.75) is 19.4 Å². The molecule has 0 bridgehead atoms. The summed E-state index contributed by atoms with van der Waals surface area (Å²) in [6.07, 6.45) is 2.87. The Morgan fingerprint density at radius 2 is 2.04 bits per heavy atom. The van der Waals surface area contributed by atoms with Crippen LogP contribution in [0.4, 0.5) is 5.69 Å². The van der Waals surface area contributed by atoms with Crippen LogP contribution in [0.1, 0.15) is 18.4 Å². The summed E-state index contributed by atoms with van der Waals surface area (Å²) in [5, 5.41) is 3.11. The summed E-state index contributed by atoms with van der Waals surface area (Å²) in [6, 6.07) is 7.78. The Morgan fingerprint density at radius 1 is 1.38 bits per heavy atom. The van der Waals surface area contributed by atoms with E-state index in [0.29, 0.717) is 38.1 Å². The van der Waals surface area contributed by atoms with Crippen molar-refractivity contribution in [3.63, 3.8) is 0 Å². The Balaban J connectivity index is 1.87. The molecular formula is C16H26N4O3S. The molecule has 0 amide bonds. The molecule has 1 aromatic rings. The molecular weight excluding hydrogens is 328 g/mol. The largest absolute Gasteiger partial charge is 0.380 e. The SMILES string of the molecule is COCc1ccccc1NC(N)=NCC1CCN(S(C)(=O)=O)CC1. The van der Waals surface area contributed by atoms with Crippen molar-refractivity contribution in [3.05, 3.63) is 29.8 Å². The second-order valence-corrected chi connectivity index (χ2v) is 8.03. The first kappa shape index (κ1) is 18.7. The highest BCUT2D eigenvalue weighted by Crippen LogP contribution is 2.19. The summed E-state index contributed by atoms with van der Waals surface area (Å²) in [5.74, 6) is 0.724. The van der Waals surface area contributed by atoms with Crippen LogP contribution in [0.15, 0.2) is 29.3 Å². The van der Waals surface area contributed by atoms with E-state index in [1.54, 1.807) is 7.11 Å². The normalized spacial score (nSPS) is 17.8. The Labute approximate surface area is 143 Å². The number of nitrogens with one attached hydrogen (secondary N) is 1. The first-order chi connectivity index (χ1) is 11.4. The molecule has 0 radical (unpaired) electrons. The minimum Gasteiger partial charge on any atom is -0.380 e. The number of nitrogens with zero attached hydrogens (tertiary/aromatic N) is 2. The van der Waals surface area contributed by atoms with Crippen LogP contribution in [-0.2, 0) is 21.4 Å². The Hall–Kier alpha value is -1.64. The lowest BCUT2D eigenvalue weighted by molar-refractivity contribution is 0.185. The van der Waals surface area contributed by atoms with Crippen molar-refractivity contribution >= 4 is 21.7 Å². The predicted octanol–water partition coefficient (Wildman–Crippen LogP) is 1.23. The van der Waals surface area contributed by atoms with Gasteiger partial charge in [-0.2, -0.15) is 0 Å². The molecule has 1 fully saturated rings. The number of benzene rings is 1. The summed E-state index contributed by atoms with van der Waals surface area (Å²) >= 11 is 0. The van der Waals surface area contributed by atoms with Crippen LogP contribution >= 0.6 is 0 Å². The molecule has 1 saturated heterocycles. The van der Waals surface area contributed by atoms with E-state index < -0.39 is 10.0 Å². The highest BCUT2D eigenvalue weighted by Gasteiger charge is 2.24. The molecule has 7 nitrogen and oxygen atoms in total. The van der Waals surface area contributed by atoms with Gasteiger partial charge in [0, 0.05) is 38.0 Å². The fourth-order valence-corrected chi connectivity index (χ4v) is 3.63. The van der Waals surface area contributed by atoms with Gasteiger partial charge in [0.1, 0.15) is 0 Å². The molecule has 0 spiro atoms. The molecule has 1 aliphatic heterocycles. The Morgan fingerprint density at radius 3 is 2.67 bits per heavy atom. The second kappa shape index (κ2) is 8.46. The summed E-state index contributed by atoms with van der Waals surface area (Å²) < 4.78 is 29.7. The van der Waals surface area contributed by atoms with Gasteiger partial charge >= 0.3 is 0 Å². The maximum Gasteiger partial charge on any atom is 0.211 e. The molecule has 0 unspecified atom stereocenters. The van der Waals surface area contributed by atoms with Crippen LogP contribution in [0.2, 0.25) is 0 Å². The number of aliphatic imine (C=N–C) groups is 1. The molecule has 1 aromatic carbocycles. The lowest BCUT2D eigenvalue weighted by Crippen LogP contribution is -2.38. The van der Waals surface area contributed by atoms with Crippen LogP contribution in [-0.4, -0.2) is 51.7 Å². The quantitative estimate of drug-likeness (QED) is 0.592. The Bertz CT molecular complexity index is 668. The topological polar surface area (TPSA) is 97.0 Å². The van der Waals surface area contributed by atoms with E-state index in [1.807, 2.05) is 24.3 Å². The first-order valence-electron chi connectivity index (χ1n) is 7.99. The van der Waals surface area contributed by atoms with Gasteiger partial charge < -0.3 is 15.8 Å². The third-order valence-corrected chi connectivity index (χ3v) is 5.45. The van der Waals surface area contributed by atoms with E-state index in [4.69, 9.17) is 10.5 Å². The molecule has 0 atom stereocenters. The van der Waals surface area contributed by atoms with Crippen LogP contribution in [0, 0.1) is 5.92 Å². The lowest BCUT2D eigenvalue weighted by Gasteiger charge is -2.29. The van der Waals surface area contributed by atoms with Crippen molar-refractivity contribution in [1.82, 2.24) is 4.31 Å². The van der Waals surface area contributed by atoms with Gasteiger partial charge in [-0.05, 0) is 24.8 Å². The van der Waals surface area contributed by atoms with Gasteiger partial charge in [0.15, 0.2) is 5.96 Å². The van der Waals surface area contributed by atoms with Gasteiger partial charge in [-0.15, -0.1) is 0 Å². The number of sulfonamides is 1. The van der Waals surface area contributed by atoms with E-state index in [9.17, 15) is 8.42 Å². The van der Waals surface area contributed by atoms with Crippen LogP contribution in [0.25, 0.3) is 0 Å². The standard InChI is InChI=1S/C16H26N4O3S/c1-23-12-14-5-3-4-6-15(14)19-16(17)18-11-13-7-9-20(10-8-13)24(2,21)22/h3-6,13H,7-12H2,1-2H3,(H3,17,18,19). The first-order valence-corrected chi connectivity index (χ1v) is 9.84. The van der Waals surface area contributed by atoms with E-state index in [1.165, 1.54) is 10.6 Å². The number of guanidine groups is 1. The summed E-state index contributed by atoms with van der Waals surface area (Å²) in [6.45, 7) is 2.22. The maximum absolute atomic E-state index is 11.5. The van der Waals surface area contributed by atoms with E-state index in [0.717, 1.165) is 24.1 Å². The molecule has 2 rings (SSSR count). The zero-order valence-electron chi connectivity index (χ0n) is 14.2. The number of piperidine rings is 1. The average molecular weight is 354 g/mol. The fraction of sp³-hybridized carbons (Fsp3) is 0.562. The minimum atomic E-state index is -3.08. The van der Waals surface area contributed by atoms with Gasteiger partial charge in [0.2, 0.25) is 10.0 Å². The third-order valence-electron chi connectivity index (χ3n) is 4.14. The van der Waals surface area contributed by atoms with Gasteiger partial charge in [-0.1, -0.05) is 18.2 Å². The maximum atomic E-state index is 11.5. The highest BCUT2D eigenvalue weighted by molar-refractivity contribution is 7.88. The van der Waals surface area contributed by atoms with Crippen molar-refractivity contribution < 1.29 is 13.2 Å². The van der Waals surface area contributed by atoms with Crippen LogP contribution in [0.3, 0.4) is 0 Å². The fourth-order valence-electron chi connectivity index (χ4n) is 2.75. The van der Waals surface area contributed by atoms with Crippen molar-refractivity contribution in [1.29, 1.82) is 0 Å². The molecule has 1 heterocycles. The van der Waals surface area contributed by atoms with E-state index >= 15 is 0 Å². The van der Waals surface area contributed by atoms with Gasteiger partial charge in [0.05, 0.1) is 12.9 Å². The molecule has 24 heavy (non-hydrogen) atoms. The van der Waals surface area contributed by atoms with Gasteiger partial charge in [-0.25, -0.2) is 12.7 Å². The van der Waals surface area contributed by atoms with Crippen LogP contribution < -0.4 is 11.1 Å². The number of anilines is 1. The Kier molecular flexibility index (Phi) is 6.59. The number of para-hydroxylation sites is 1. The second-order valence-electron chi connectivity index (χ2n) is 6.05. The monoisotopic (exact) mass is 354 g/mol. The molecule has 0 aliphatic carbocycles. The molecule has 3 N–H and O–H groups in total. The number of methoxy groups -OCH3 is 1. The number of ether oxygens (including phenoxy) is 1. The summed E-state index contributed by atoms with van der Waals surface area (Å²) in [7, 11) is -1.43. The third kappa shape index (κ3) is 5.47. The molecule has 0 saturated carbocycles. The predicted molar refractivity (Wildman–Crippen MR) is 96.4 cm³/mol. The number of rotatable bonds is 6. The summed E-state index contributed by atoms with van der Waals surface area (Å²) in [4.78, 5) is 4.41. The van der Waals surface area contributed by atoms with E-state index in [2.05, 4.69) is 10.3 Å². The molecule has 134 valence electrons. The minimum absolute atomic E-state index is 0.359.